The van der Waals surface area contributed by atoms with Crippen LogP contribution >= 0.6 is 0 Å². The number of rotatable bonds is 7. The lowest BCUT2D eigenvalue weighted by atomic mass is 10.1. The normalized spacial score (nSPS) is 15.1. The van der Waals surface area contributed by atoms with Crippen molar-refractivity contribution in [2.24, 2.45) is 5.92 Å². The van der Waals surface area contributed by atoms with Crippen molar-refractivity contribution in [3.63, 3.8) is 0 Å². The summed E-state index contributed by atoms with van der Waals surface area (Å²) in [4.78, 5) is 39.2. The molecular formula is C29H24N2O5. The van der Waals surface area contributed by atoms with Gasteiger partial charge in [-0.15, -0.1) is 0 Å². The summed E-state index contributed by atoms with van der Waals surface area (Å²) < 4.78 is 11.0. The SMILES string of the molecule is O=C(COC(=O)[C@H]1CC(=O)N(c2cccc3ccccc23)C1)Nc1ccc(Oc2ccccc2)cc1. The number of hydrogen-bond donors (Lipinski definition) is 1. The molecule has 1 aliphatic rings. The highest BCUT2D eigenvalue weighted by Crippen LogP contribution is 2.32. The Bertz CT molecular complexity index is 1400. The average Bonchev–Trinajstić information content (AvgIpc) is 3.30. The van der Waals surface area contributed by atoms with Gasteiger partial charge < -0.3 is 19.7 Å². The summed E-state index contributed by atoms with van der Waals surface area (Å²) in [5.74, 6) is -0.449. The molecule has 0 aliphatic carbocycles. The number of para-hydroxylation sites is 1. The molecule has 0 aromatic heterocycles. The Morgan fingerprint density at radius 3 is 2.33 bits per heavy atom. The van der Waals surface area contributed by atoms with E-state index in [0.717, 1.165) is 16.5 Å². The molecule has 0 spiro atoms. The standard InChI is InChI=1S/C29H24N2O5/c32-27(30-22-13-15-24(16-14-22)36-23-9-2-1-3-10-23)19-35-29(34)21-17-28(33)31(18-21)26-12-6-8-20-7-4-5-11-25(20)26/h1-16,21H,17-19H2,(H,30,32)/t21-/m0/s1. The van der Waals surface area contributed by atoms with E-state index in [1.54, 1.807) is 29.2 Å². The van der Waals surface area contributed by atoms with Crippen LogP contribution in [0.2, 0.25) is 0 Å². The van der Waals surface area contributed by atoms with Gasteiger partial charge in [0.15, 0.2) is 6.61 Å². The fourth-order valence-electron chi connectivity index (χ4n) is 4.22. The van der Waals surface area contributed by atoms with Crippen LogP contribution in [-0.2, 0) is 19.1 Å². The fourth-order valence-corrected chi connectivity index (χ4v) is 4.22. The first-order chi connectivity index (χ1) is 17.6. The zero-order valence-electron chi connectivity index (χ0n) is 19.4. The Kier molecular flexibility index (Phi) is 6.62. The first kappa shape index (κ1) is 23.1. The van der Waals surface area contributed by atoms with Crippen LogP contribution in [0.4, 0.5) is 11.4 Å². The highest BCUT2D eigenvalue weighted by Gasteiger charge is 2.36. The molecule has 4 aromatic rings. The number of benzene rings is 4. The molecule has 1 heterocycles. The summed E-state index contributed by atoms with van der Waals surface area (Å²) in [5, 5.41) is 4.66. The smallest absolute Gasteiger partial charge is 0.311 e. The minimum absolute atomic E-state index is 0.0482. The van der Waals surface area contributed by atoms with Crippen molar-refractivity contribution in [1.29, 1.82) is 0 Å². The van der Waals surface area contributed by atoms with Crippen LogP contribution in [0.1, 0.15) is 6.42 Å². The van der Waals surface area contributed by atoms with E-state index in [9.17, 15) is 14.4 Å². The number of nitrogens with zero attached hydrogens (tertiary/aromatic N) is 1. The van der Waals surface area contributed by atoms with Gasteiger partial charge >= 0.3 is 5.97 Å². The Hall–Kier alpha value is -4.65. The molecule has 2 amide bonds. The van der Waals surface area contributed by atoms with Crippen molar-refractivity contribution < 1.29 is 23.9 Å². The number of nitrogens with one attached hydrogen (secondary N) is 1. The monoisotopic (exact) mass is 480 g/mol. The third-order valence-electron chi connectivity index (χ3n) is 5.98. The van der Waals surface area contributed by atoms with Crippen molar-refractivity contribution in [2.45, 2.75) is 6.42 Å². The van der Waals surface area contributed by atoms with E-state index in [4.69, 9.17) is 9.47 Å². The van der Waals surface area contributed by atoms with Gasteiger partial charge in [-0.3, -0.25) is 14.4 Å². The molecule has 1 fully saturated rings. The van der Waals surface area contributed by atoms with E-state index in [2.05, 4.69) is 5.32 Å². The maximum atomic E-state index is 12.7. The first-order valence-corrected chi connectivity index (χ1v) is 11.6. The average molecular weight is 481 g/mol. The number of carbonyl (C=O) groups is 3. The van der Waals surface area contributed by atoms with E-state index >= 15 is 0 Å². The van der Waals surface area contributed by atoms with Gasteiger partial charge in [0, 0.05) is 24.0 Å². The Morgan fingerprint density at radius 2 is 1.53 bits per heavy atom. The highest BCUT2D eigenvalue weighted by atomic mass is 16.5. The van der Waals surface area contributed by atoms with Gasteiger partial charge in [-0.25, -0.2) is 0 Å². The predicted molar refractivity (Wildman–Crippen MR) is 137 cm³/mol. The second-order valence-corrected chi connectivity index (χ2v) is 8.50. The number of carbonyl (C=O) groups excluding carboxylic acids is 3. The zero-order chi connectivity index (χ0) is 24.9. The van der Waals surface area contributed by atoms with Crippen molar-refractivity contribution in [3.05, 3.63) is 97.1 Å². The van der Waals surface area contributed by atoms with Crippen LogP contribution in [0.5, 0.6) is 11.5 Å². The molecule has 7 heteroatoms. The molecule has 4 aromatic carbocycles. The third-order valence-corrected chi connectivity index (χ3v) is 5.98. The molecular weight excluding hydrogens is 456 g/mol. The zero-order valence-corrected chi connectivity index (χ0v) is 19.4. The lowest BCUT2D eigenvalue weighted by Crippen LogP contribution is -2.28. The molecule has 1 aliphatic heterocycles. The van der Waals surface area contributed by atoms with Crippen LogP contribution in [0.25, 0.3) is 10.8 Å². The molecule has 0 saturated carbocycles. The second kappa shape index (κ2) is 10.3. The molecule has 0 bridgehead atoms. The quantitative estimate of drug-likeness (QED) is 0.369. The largest absolute Gasteiger partial charge is 0.457 e. The van der Waals surface area contributed by atoms with Gasteiger partial charge in [0.05, 0.1) is 11.6 Å². The van der Waals surface area contributed by atoms with E-state index in [0.29, 0.717) is 17.2 Å². The van der Waals surface area contributed by atoms with Crippen molar-refractivity contribution in [1.82, 2.24) is 0 Å². The Morgan fingerprint density at radius 1 is 0.833 bits per heavy atom. The molecule has 1 N–H and O–H groups in total. The number of ether oxygens (including phenoxy) is 2. The molecule has 1 atom stereocenters. The Balaban J connectivity index is 1.13. The molecule has 180 valence electrons. The van der Waals surface area contributed by atoms with Crippen LogP contribution < -0.4 is 15.0 Å². The lowest BCUT2D eigenvalue weighted by Gasteiger charge is -2.18. The van der Waals surface area contributed by atoms with Crippen molar-refractivity contribution >= 4 is 39.9 Å². The van der Waals surface area contributed by atoms with Gasteiger partial charge in [0.1, 0.15) is 11.5 Å². The number of fused-ring (bicyclic) bond motifs is 1. The fraction of sp³-hybridized carbons (Fsp3) is 0.138. The van der Waals surface area contributed by atoms with E-state index < -0.39 is 24.4 Å². The molecule has 36 heavy (non-hydrogen) atoms. The van der Waals surface area contributed by atoms with E-state index in [1.165, 1.54) is 0 Å². The molecule has 5 rings (SSSR count). The van der Waals surface area contributed by atoms with Gasteiger partial charge in [0.25, 0.3) is 5.91 Å². The first-order valence-electron chi connectivity index (χ1n) is 11.6. The maximum Gasteiger partial charge on any atom is 0.311 e. The van der Waals surface area contributed by atoms with Crippen LogP contribution in [0, 0.1) is 5.92 Å². The lowest BCUT2D eigenvalue weighted by molar-refractivity contribution is -0.151. The van der Waals surface area contributed by atoms with Crippen LogP contribution in [0.15, 0.2) is 97.1 Å². The third kappa shape index (κ3) is 5.20. The second-order valence-electron chi connectivity index (χ2n) is 8.50. The van der Waals surface area contributed by atoms with Crippen molar-refractivity contribution in [3.8, 4) is 11.5 Å². The summed E-state index contributed by atoms with van der Waals surface area (Å²) in [5.41, 5.74) is 1.32. The number of hydrogen-bond acceptors (Lipinski definition) is 5. The highest BCUT2D eigenvalue weighted by molar-refractivity contribution is 6.06. The minimum Gasteiger partial charge on any atom is -0.457 e. The molecule has 0 radical (unpaired) electrons. The summed E-state index contributed by atoms with van der Waals surface area (Å²) in [6, 6.07) is 29.8. The van der Waals surface area contributed by atoms with Gasteiger partial charge in [-0.2, -0.15) is 0 Å². The summed E-state index contributed by atoms with van der Waals surface area (Å²) in [6.45, 7) is -0.212. The molecule has 7 nitrogen and oxygen atoms in total. The summed E-state index contributed by atoms with van der Waals surface area (Å²) in [6.07, 6.45) is 0.0482. The maximum absolute atomic E-state index is 12.7. The van der Waals surface area contributed by atoms with Crippen LogP contribution in [0.3, 0.4) is 0 Å². The molecule has 0 unspecified atom stereocenters. The summed E-state index contributed by atoms with van der Waals surface area (Å²) >= 11 is 0. The number of anilines is 2. The van der Waals surface area contributed by atoms with Gasteiger partial charge in [0.2, 0.25) is 5.91 Å². The van der Waals surface area contributed by atoms with E-state index in [-0.39, 0.29) is 18.9 Å². The van der Waals surface area contributed by atoms with Gasteiger partial charge in [-0.1, -0.05) is 54.6 Å². The number of amides is 2. The number of esters is 1. The Labute approximate surface area is 208 Å². The topological polar surface area (TPSA) is 84.9 Å². The van der Waals surface area contributed by atoms with Gasteiger partial charge in [-0.05, 0) is 47.9 Å². The summed E-state index contributed by atoms with van der Waals surface area (Å²) in [7, 11) is 0. The van der Waals surface area contributed by atoms with Crippen molar-refractivity contribution in [2.75, 3.05) is 23.4 Å². The van der Waals surface area contributed by atoms with Crippen LogP contribution in [-0.4, -0.2) is 30.9 Å². The predicted octanol–water partition coefficient (Wildman–Crippen LogP) is 5.17. The molecule has 1 saturated heterocycles. The van der Waals surface area contributed by atoms with E-state index in [1.807, 2.05) is 72.8 Å². The minimum atomic E-state index is -0.626.